The van der Waals surface area contributed by atoms with Gasteiger partial charge in [0.15, 0.2) is 0 Å². The quantitative estimate of drug-likeness (QED) is 0.707. The van der Waals surface area contributed by atoms with Crippen LogP contribution in [0.25, 0.3) is 20.4 Å². The van der Waals surface area contributed by atoms with Gasteiger partial charge < -0.3 is 14.5 Å². The van der Waals surface area contributed by atoms with Crippen molar-refractivity contribution in [2.45, 2.75) is 39.4 Å². The van der Waals surface area contributed by atoms with Crippen LogP contribution < -0.4 is 5.56 Å². The zero-order valence-electron chi connectivity index (χ0n) is 14.1. The lowest BCUT2D eigenvalue weighted by molar-refractivity contribution is -0.0416. The number of fused-ring (bicyclic) bond motifs is 4. The van der Waals surface area contributed by atoms with E-state index in [4.69, 9.17) is 14.5 Å². The molecule has 0 fully saturated rings. The van der Waals surface area contributed by atoms with Gasteiger partial charge in [-0.1, -0.05) is 0 Å². The van der Waals surface area contributed by atoms with Crippen LogP contribution in [-0.4, -0.2) is 33.1 Å². The molecule has 1 aliphatic rings. The number of esters is 1. The van der Waals surface area contributed by atoms with Gasteiger partial charge in [-0.15, -0.1) is 11.3 Å². The number of nitrogens with one attached hydrogen (secondary N) is 1. The highest BCUT2D eigenvalue weighted by atomic mass is 32.1. The molecule has 0 bridgehead atoms. The van der Waals surface area contributed by atoms with Crippen molar-refractivity contribution in [1.29, 1.82) is 0 Å². The van der Waals surface area contributed by atoms with Crippen LogP contribution in [0.5, 0.6) is 0 Å². The maximum absolute atomic E-state index is 12.7. The van der Waals surface area contributed by atoms with Gasteiger partial charge in [-0.05, 0) is 20.8 Å². The summed E-state index contributed by atoms with van der Waals surface area (Å²) in [6.07, 6.45) is 1.92. The number of carbonyl (C=O) groups is 1. The lowest BCUT2D eigenvalue weighted by atomic mass is 9.92. The van der Waals surface area contributed by atoms with Crippen molar-refractivity contribution in [2.24, 2.45) is 0 Å². The number of thiophene rings is 1. The number of aromatic nitrogens is 3. The lowest BCUT2D eigenvalue weighted by Gasteiger charge is -2.32. The highest BCUT2D eigenvalue weighted by Gasteiger charge is 2.33. The molecule has 1 N–H and O–H groups in total. The topological polar surface area (TPSA) is 94.2 Å². The van der Waals surface area contributed by atoms with Gasteiger partial charge in [0.2, 0.25) is 0 Å². The fraction of sp³-hybridized carbons (Fsp3) is 0.412. The minimum absolute atomic E-state index is 0.239. The summed E-state index contributed by atoms with van der Waals surface area (Å²) in [7, 11) is 0. The maximum Gasteiger partial charge on any atom is 0.339 e. The normalized spacial score (nSPS) is 16.1. The Morgan fingerprint density at radius 3 is 3.04 bits per heavy atom. The van der Waals surface area contributed by atoms with Crippen molar-refractivity contribution in [3.8, 4) is 0 Å². The molecule has 0 aromatic carbocycles. The Labute approximate surface area is 147 Å². The summed E-state index contributed by atoms with van der Waals surface area (Å²) in [6, 6.07) is 0. The van der Waals surface area contributed by atoms with Crippen LogP contribution in [0.2, 0.25) is 0 Å². The summed E-state index contributed by atoms with van der Waals surface area (Å²) in [6.45, 7) is 6.28. The zero-order chi connectivity index (χ0) is 17.8. The lowest BCUT2D eigenvalue weighted by Crippen LogP contribution is -2.33. The Bertz CT molecular complexity index is 1070. The standard InChI is InChI=1S/C17H17N3O4S/c1-4-23-16(22)10-8-6-24-17(2,3)5-9(8)20-15-11(10)12-13(25-15)14(21)19-7-18-12/h7H,4-6H2,1-3H3,(H,18,19,21). The van der Waals surface area contributed by atoms with Gasteiger partial charge in [-0.2, -0.15) is 0 Å². The molecule has 0 aliphatic carbocycles. The molecule has 0 saturated heterocycles. The Morgan fingerprint density at radius 1 is 1.48 bits per heavy atom. The van der Waals surface area contributed by atoms with E-state index in [1.807, 2.05) is 13.8 Å². The summed E-state index contributed by atoms with van der Waals surface area (Å²) in [5.74, 6) is -0.434. The maximum atomic E-state index is 12.7. The number of hydrogen-bond acceptors (Lipinski definition) is 7. The van der Waals surface area contributed by atoms with Gasteiger partial charge in [0.25, 0.3) is 5.56 Å². The van der Waals surface area contributed by atoms with E-state index >= 15 is 0 Å². The van der Waals surface area contributed by atoms with Crippen molar-refractivity contribution in [3.63, 3.8) is 0 Å². The largest absolute Gasteiger partial charge is 0.462 e. The molecule has 130 valence electrons. The molecular formula is C17H17N3O4S. The van der Waals surface area contributed by atoms with Gasteiger partial charge >= 0.3 is 5.97 Å². The van der Waals surface area contributed by atoms with Crippen LogP contribution in [0.4, 0.5) is 0 Å². The van der Waals surface area contributed by atoms with E-state index in [0.29, 0.717) is 32.4 Å². The van der Waals surface area contributed by atoms with Crippen molar-refractivity contribution in [1.82, 2.24) is 15.0 Å². The van der Waals surface area contributed by atoms with E-state index in [1.54, 1.807) is 6.92 Å². The first-order valence-corrected chi connectivity index (χ1v) is 8.85. The Morgan fingerprint density at radius 2 is 2.28 bits per heavy atom. The van der Waals surface area contributed by atoms with E-state index < -0.39 is 5.97 Å². The van der Waals surface area contributed by atoms with Crippen LogP contribution in [0.15, 0.2) is 11.1 Å². The smallest absolute Gasteiger partial charge is 0.339 e. The molecular weight excluding hydrogens is 342 g/mol. The molecule has 0 saturated carbocycles. The van der Waals surface area contributed by atoms with E-state index in [-0.39, 0.29) is 24.4 Å². The van der Waals surface area contributed by atoms with Crippen LogP contribution >= 0.6 is 11.3 Å². The number of rotatable bonds is 2. The Hall–Kier alpha value is -2.32. The van der Waals surface area contributed by atoms with Gasteiger partial charge in [-0.3, -0.25) is 4.79 Å². The van der Waals surface area contributed by atoms with Gasteiger partial charge in [0.05, 0.1) is 47.3 Å². The summed E-state index contributed by atoms with van der Waals surface area (Å²) >= 11 is 1.24. The van der Waals surface area contributed by atoms with E-state index in [9.17, 15) is 9.59 Å². The molecule has 3 aromatic rings. The molecule has 0 spiro atoms. The molecule has 3 aromatic heterocycles. The molecule has 4 heterocycles. The monoisotopic (exact) mass is 359 g/mol. The summed E-state index contributed by atoms with van der Waals surface area (Å²) in [5, 5.41) is 0.576. The summed E-state index contributed by atoms with van der Waals surface area (Å²) in [5.41, 5.74) is 1.85. The second-order valence-electron chi connectivity index (χ2n) is 6.55. The molecule has 4 rings (SSSR count). The van der Waals surface area contributed by atoms with Crippen LogP contribution in [-0.2, 0) is 22.5 Å². The summed E-state index contributed by atoms with van der Waals surface area (Å²) < 4.78 is 11.6. The second-order valence-corrected chi connectivity index (χ2v) is 7.55. The molecule has 25 heavy (non-hydrogen) atoms. The number of pyridine rings is 1. The fourth-order valence-corrected chi connectivity index (χ4v) is 4.20. The SMILES string of the molecule is CCOC(=O)c1c2c(nc3sc4c(=O)[nH]cnc4c13)CC(C)(C)OC2. The predicted octanol–water partition coefficient (Wildman–Crippen LogP) is 2.56. The molecule has 0 unspecified atom stereocenters. The first kappa shape index (κ1) is 16.2. The van der Waals surface area contributed by atoms with Crippen molar-refractivity contribution < 1.29 is 14.3 Å². The van der Waals surface area contributed by atoms with Gasteiger partial charge in [0.1, 0.15) is 9.53 Å². The third-order valence-electron chi connectivity index (χ3n) is 4.28. The molecule has 0 radical (unpaired) electrons. The number of ether oxygens (including phenoxy) is 2. The number of H-pyrrole nitrogens is 1. The molecule has 8 heteroatoms. The van der Waals surface area contributed by atoms with Crippen LogP contribution in [0.1, 0.15) is 42.4 Å². The molecule has 7 nitrogen and oxygen atoms in total. The molecule has 0 amide bonds. The average molecular weight is 359 g/mol. The fourth-order valence-electron chi connectivity index (χ4n) is 3.15. The highest BCUT2D eigenvalue weighted by Crippen LogP contribution is 2.38. The van der Waals surface area contributed by atoms with E-state index in [0.717, 1.165) is 11.3 Å². The predicted molar refractivity (Wildman–Crippen MR) is 94.1 cm³/mol. The van der Waals surface area contributed by atoms with Crippen molar-refractivity contribution >= 4 is 37.7 Å². The number of aromatic amines is 1. The van der Waals surface area contributed by atoms with Crippen molar-refractivity contribution in [2.75, 3.05) is 6.61 Å². The summed E-state index contributed by atoms with van der Waals surface area (Å²) in [4.78, 5) is 37.0. The third kappa shape index (κ3) is 2.52. The van der Waals surface area contributed by atoms with E-state index in [2.05, 4.69) is 9.97 Å². The van der Waals surface area contributed by atoms with Crippen LogP contribution in [0.3, 0.4) is 0 Å². The van der Waals surface area contributed by atoms with E-state index in [1.165, 1.54) is 17.7 Å². The number of carbonyl (C=O) groups excluding carboxylic acids is 1. The first-order chi connectivity index (χ1) is 11.9. The van der Waals surface area contributed by atoms with Crippen molar-refractivity contribution in [3.05, 3.63) is 33.5 Å². The second kappa shape index (κ2) is 5.60. The zero-order valence-corrected chi connectivity index (χ0v) is 15.0. The first-order valence-electron chi connectivity index (χ1n) is 8.04. The number of hydrogen-bond donors (Lipinski definition) is 1. The van der Waals surface area contributed by atoms with Gasteiger partial charge in [0, 0.05) is 12.0 Å². The Balaban J connectivity index is 2.12. The Kier molecular flexibility index (Phi) is 3.62. The highest BCUT2D eigenvalue weighted by molar-refractivity contribution is 7.25. The van der Waals surface area contributed by atoms with Crippen LogP contribution in [0, 0.1) is 0 Å². The minimum Gasteiger partial charge on any atom is -0.462 e. The molecule has 1 aliphatic heterocycles. The average Bonchev–Trinajstić information content (AvgIpc) is 2.91. The minimum atomic E-state index is -0.434. The number of nitrogens with zero attached hydrogens (tertiary/aromatic N) is 2. The van der Waals surface area contributed by atoms with Gasteiger partial charge in [-0.25, -0.2) is 14.8 Å². The third-order valence-corrected chi connectivity index (χ3v) is 5.35. The molecule has 0 atom stereocenters.